The lowest BCUT2D eigenvalue weighted by Crippen LogP contribution is -2.39. The van der Waals surface area contributed by atoms with Crippen molar-refractivity contribution in [3.63, 3.8) is 0 Å². The van der Waals surface area contributed by atoms with E-state index in [2.05, 4.69) is 11.4 Å². The minimum Gasteiger partial charge on any atom is -0.385 e. The van der Waals surface area contributed by atoms with Crippen LogP contribution in [0.5, 0.6) is 0 Å². The van der Waals surface area contributed by atoms with E-state index in [9.17, 15) is 4.79 Å². The van der Waals surface area contributed by atoms with Crippen molar-refractivity contribution in [2.45, 2.75) is 39.5 Å². The second-order valence-electron chi connectivity index (χ2n) is 3.86. The molecule has 0 aromatic heterocycles. The maximum absolute atomic E-state index is 11.8. The van der Waals surface area contributed by atoms with Crippen LogP contribution in [0.25, 0.3) is 0 Å². The third-order valence-corrected chi connectivity index (χ3v) is 2.92. The number of methoxy groups -OCH3 is 1. The van der Waals surface area contributed by atoms with Crippen LogP contribution in [0.3, 0.4) is 0 Å². The lowest BCUT2D eigenvalue weighted by Gasteiger charge is -2.22. The van der Waals surface area contributed by atoms with Gasteiger partial charge in [-0.2, -0.15) is 5.26 Å². The number of amides is 1. The number of nitrogens with one attached hydrogen (secondary N) is 1. The molecule has 0 spiro atoms. The molecule has 4 heteroatoms. The van der Waals surface area contributed by atoms with Gasteiger partial charge in [0, 0.05) is 20.3 Å². The number of rotatable bonds is 8. The zero-order valence-electron chi connectivity index (χ0n) is 10.5. The summed E-state index contributed by atoms with van der Waals surface area (Å²) in [5.74, 6) is -0.141. The second kappa shape index (κ2) is 8.12. The lowest BCUT2D eigenvalue weighted by atomic mass is 9.83. The van der Waals surface area contributed by atoms with Gasteiger partial charge in [-0.15, -0.1) is 0 Å². The number of carbonyl (C=O) groups is 1. The summed E-state index contributed by atoms with van der Waals surface area (Å²) in [6.45, 7) is 5.07. The first kappa shape index (κ1) is 14.9. The monoisotopic (exact) mass is 226 g/mol. The molecule has 0 saturated heterocycles. The average Bonchev–Trinajstić information content (AvgIpc) is 2.32. The zero-order chi connectivity index (χ0) is 12.4. The molecule has 0 radical (unpaired) electrons. The standard InChI is InChI=1S/C12H22N2O2/c1-4-12(5-2,10-13)11(15)14-8-6-7-9-16-3/h4-9H2,1-3H3,(H,14,15). The van der Waals surface area contributed by atoms with Crippen LogP contribution in [-0.2, 0) is 9.53 Å². The third-order valence-electron chi connectivity index (χ3n) is 2.92. The summed E-state index contributed by atoms with van der Waals surface area (Å²) < 4.78 is 4.91. The first-order chi connectivity index (χ1) is 7.66. The summed E-state index contributed by atoms with van der Waals surface area (Å²) in [6.07, 6.45) is 2.93. The summed E-state index contributed by atoms with van der Waals surface area (Å²) in [5, 5.41) is 11.9. The van der Waals surface area contributed by atoms with Gasteiger partial charge in [0.05, 0.1) is 6.07 Å². The van der Waals surface area contributed by atoms with Crippen LogP contribution in [0, 0.1) is 16.7 Å². The molecule has 4 nitrogen and oxygen atoms in total. The molecule has 0 aliphatic carbocycles. The summed E-state index contributed by atoms with van der Waals surface area (Å²) in [6, 6.07) is 2.13. The van der Waals surface area contributed by atoms with Crippen LogP contribution in [0.15, 0.2) is 0 Å². The molecule has 16 heavy (non-hydrogen) atoms. The predicted octanol–water partition coefficient (Wildman–Crippen LogP) is 1.86. The van der Waals surface area contributed by atoms with Gasteiger partial charge in [-0.05, 0) is 25.7 Å². The quantitative estimate of drug-likeness (QED) is 0.642. The molecule has 0 fully saturated rings. The Morgan fingerprint density at radius 1 is 1.38 bits per heavy atom. The number of nitrogens with zero attached hydrogens (tertiary/aromatic N) is 1. The van der Waals surface area contributed by atoms with Crippen molar-refractivity contribution in [1.82, 2.24) is 5.32 Å². The third kappa shape index (κ3) is 4.19. The Morgan fingerprint density at radius 3 is 2.44 bits per heavy atom. The van der Waals surface area contributed by atoms with Crippen LogP contribution in [-0.4, -0.2) is 26.2 Å². The van der Waals surface area contributed by atoms with E-state index in [1.54, 1.807) is 7.11 Å². The molecule has 0 aliphatic heterocycles. The Balaban J connectivity index is 3.99. The molecule has 0 unspecified atom stereocenters. The molecule has 0 heterocycles. The highest BCUT2D eigenvalue weighted by molar-refractivity contribution is 5.85. The molecule has 0 bridgehead atoms. The van der Waals surface area contributed by atoms with E-state index in [-0.39, 0.29) is 5.91 Å². The summed E-state index contributed by atoms with van der Waals surface area (Å²) >= 11 is 0. The normalized spacial score (nSPS) is 10.9. The topological polar surface area (TPSA) is 62.1 Å². The molecule has 1 amide bonds. The summed E-state index contributed by atoms with van der Waals surface area (Å²) in [4.78, 5) is 11.8. The van der Waals surface area contributed by atoms with Gasteiger partial charge in [-0.3, -0.25) is 4.79 Å². The summed E-state index contributed by atoms with van der Waals surface area (Å²) in [7, 11) is 1.66. The van der Waals surface area contributed by atoms with Crippen LogP contribution in [0.2, 0.25) is 0 Å². The van der Waals surface area contributed by atoms with Gasteiger partial charge in [-0.25, -0.2) is 0 Å². The van der Waals surface area contributed by atoms with Crippen LogP contribution in [0.4, 0.5) is 0 Å². The highest BCUT2D eigenvalue weighted by Crippen LogP contribution is 2.25. The van der Waals surface area contributed by atoms with Gasteiger partial charge in [0.2, 0.25) is 5.91 Å². The number of carbonyl (C=O) groups excluding carboxylic acids is 1. The number of unbranched alkanes of at least 4 members (excludes halogenated alkanes) is 1. The summed E-state index contributed by atoms with van der Waals surface area (Å²) in [5.41, 5.74) is -0.846. The molecule has 0 aromatic rings. The molecule has 0 aromatic carbocycles. The van der Waals surface area contributed by atoms with Gasteiger partial charge in [0.15, 0.2) is 0 Å². The molecule has 1 N–H and O–H groups in total. The molecule has 92 valence electrons. The minimum atomic E-state index is -0.846. The number of nitriles is 1. The van der Waals surface area contributed by atoms with Gasteiger partial charge >= 0.3 is 0 Å². The van der Waals surface area contributed by atoms with E-state index >= 15 is 0 Å². The van der Waals surface area contributed by atoms with E-state index < -0.39 is 5.41 Å². The molecule has 0 saturated carbocycles. The Bertz CT molecular complexity index is 242. The molecule has 0 rings (SSSR count). The highest BCUT2D eigenvalue weighted by atomic mass is 16.5. The SMILES string of the molecule is CCC(C#N)(CC)C(=O)NCCCCOC. The zero-order valence-corrected chi connectivity index (χ0v) is 10.5. The number of hydrogen-bond donors (Lipinski definition) is 1. The van der Waals surface area contributed by atoms with E-state index in [0.29, 0.717) is 26.0 Å². The number of ether oxygens (including phenoxy) is 1. The maximum Gasteiger partial charge on any atom is 0.240 e. The second-order valence-corrected chi connectivity index (χ2v) is 3.86. The van der Waals surface area contributed by atoms with Gasteiger partial charge in [0.1, 0.15) is 5.41 Å². The predicted molar refractivity (Wildman–Crippen MR) is 62.7 cm³/mol. The van der Waals surface area contributed by atoms with Crippen LogP contribution < -0.4 is 5.32 Å². The van der Waals surface area contributed by atoms with Crippen molar-refractivity contribution < 1.29 is 9.53 Å². The first-order valence-corrected chi connectivity index (χ1v) is 5.85. The molecule has 0 aliphatic rings. The molecular formula is C12H22N2O2. The average molecular weight is 226 g/mol. The largest absolute Gasteiger partial charge is 0.385 e. The molecular weight excluding hydrogens is 204 g/mol. The van der Waals surface area contributed by atoms with Gasteiger partial charge < -0.3 is 10.1 Å². The number of hydrogen-bond acceptors (Lipinski definition) is 3. The fourth-order valence-corrected chi connectivity index (χ4v) is 1.52. The van der Waals surface area contributed by atoms with Crippen LogP contribution >= 0.6 is 0 Å². The smallest absolute Gasteiger partial charge is 0.240 e. The Labute approximate surface area is 98.0 Å². The minimum absolute atomic E-state index is 0.141. The van der Waals surface area contributed by atoms with E-state index in [0.717, 1.165) is 12.8 Å². The highest BCUT2D eigenvalue weighted by Gasteiger charge is 2.34. The van der Waals surface area contributed by atoms with Gasteiger partial charge in [0.25, 0.3) is 0 Å². The first-order valence-electron chi connectivity index (χ1n) is 5.85. The Morgan fingerprint density at radius 2 is 2.00 bits per heavy atom. The molecule has 0 atom stereocenters. The van der Waals surface area contributed by atoms with E-state index in [1.807, 2.05) is 13.8 Å². The van der Waals surface area contributed by atoms with Gasteiger partial charge in [-0.1, -0.05) is 13.8 Å². The Kier molecular flexibility index (Phi) is 7.57. The van der Waals surface area contributed by atoms with E-state index in [1.165, 1.54) is 0 Å². The van der Waals surface area contributed by atoms with Crippen molar-refractivity contribution in [3.05, 3.63) is 0 Å². The van der Waals surface area contributed by atoms with Crippen LogP contribution in [0.1, 0.15) is 39.5 Å². The van der Waals surface area contributed by atoms with Crippen molar-refractivity contribution in [1.29, 1.82) is 5.26 Å². The fraction of sp³-hybridized carbons (Fsp3) is 0.833. The van der Waals surface area contributed by atoms with Crippen molar-refractivity contribution in [3.8, 4) is 6.07 Å². The Hall–Kier alpha value is -1.08. The van der Waals surface area contributed by atoms with Crippen molar-refractivity contribution >= 4 is 5.91 Å². The van der Waals surface area contributed by atoms with Crippen molar-refractivity contribution in [2.24, 2.45) is 5.41 Å². The van der Waals surface area contributed by atoms with Crippen molar-refractivity contribution in [2.75, 3.05) is 20.3 Å². The fourth-order valence-electron chi connectivity index (χ4n) is 1.52. The van der Waals surface area contributed by atoms with E-state index in [4.69, 9.17) is 10.00 Å². The maximum atomic E-state index is 11.8. The lowest BCUT2D eigenvalue weighted by molar-refractivity contribution is -0.128.